The van der Waals surface area contributed by atoms with Crippen molar-refractivity contribution in [2.45, 2.75) is 58.5 Å². The summed E-state index contributed by atoms with van der Waals surface area (Å²) in [7, 11) is 0. The van der Waals surface area contributed by atoms with Gasteiger partial charge in [-0.2, -0.15) is 0 Å². The molecule has 0 radical (unpaired) electrons. The van der Waals surface area contributed by atoms with Crippen molar-refractivity contribution >= 4 is 5.97 Å². The maximum atomic E-state index is 11.0. The van der Waals surface area contributed by atoms with Crippen molar-refractivity contribution in [3.05, 3.63) is 11.3 Å². The largest absolute Gasteiger partial charge is 0.494 e. The molecule has 1 aliphatic carbocycles. The average Bonchev–Trinajstić information content (AvgIpc) is 2.26. The number of carboxylic acid groups (broad SMARTS) is 1. The molecular weight excluding hydrogens is 192 g/mol. The van der Waals surface area contributed by atoms with Crippen molar-refractivity contribution in [1.82, 2.24) is 0 Å². The summed E-state index contributed by atoms with van der Waals surface area (Å²) in [6.07, 6.45) is 5.51. The summed E-state index contributed by atoms with van der Waals surface area (Å²) in [6.45, 7) is 4.13. The Balaban J connectivity index is 2.73. The van der Waals surface area contributed by atoms with Crippen molar-refractivity contribution < 1.29 is 14.6 Å². The smallest absolute Gasteiger partial charge is 0.334 e. The zero-order chi connectivity index (χ0) is 11.3. The Hall–Kier alpha value is -0.990. The normalized spacial score (nSPS) is 17.0. The Kier molecular flexibility index (Phi) is 4.66. The molecule has 0 unspecified atom stereocenters. The molecule has 1 N–H and O–H groups in total. The average molecular weight is 212 g/mol. The van der Waals surface area contributed by atoms with E-state index in [0.29, 0.717) is 12.0 Å². The number of carbonyl (C=O) groups is 1. The molecule has 1 rings (SSSR count). The fraction of sp³-hybridized carbons (Fsp3) is 0.750. The highest BCUT2D eigenvalue weighted by Crippen LogP contribution is 2.27. The van der Waals surface area contributed by atoms with Crippen LogP contribution in [0.1, 0.15) is 52.4 Å². The Morgan fingerprint density at radius 3 is 2.47 bits per heavy atom. The van der Waals surface area contributed by atoms with Crippen LogP contribution in [0.2, 0.25) is 0 Å². The van der Waals surface area contributed by atoms with Gasteiger partial charge in [0.05, 0.1) is 11.7 Å². The molecule has 0 heterocycles. The van der Waals surface area contributed by atoms with Gasteiger partial charge >= 0.3 is 5.97 Å². The predicted octanol–water partition coefficient (Wildman–Crippen LogP) is 3.10. The standard InChI is InChI=1S/C12H20O3/c1-3-9(4-2)15-11-8-6-5-7-10(11)12(13)14/h9H,3-8H2,1-2H3,(H,13,14). The molecule has 3 nitrogen and oxygen atoms in total. The fourth-order valence-corrected chi connectivity index (χ4v) is 1.89. The number of carboxylic acids is 1. The van der Waals surface area contributed by atoms with E-state index in [-0.39, 0.29) is 6.10 Å². The molecule has 0 bridgehead atoms. The number of hydrogen-bond acceptors (Lipinski definition) is 2. The zero-order valence-electron chi connectivity index (χ0n) is 9.58. The molecule has 0 spiro atoms. The van der Waals surface area contributed by atoms with Gasteiger partial charge in [0, 0.05) is 6.42 Å². The molecule has 3 heteroatoms. The lowest BCUT2D eigenvalue weighted by atomic mass is 9.97. The topological polar surface area (TPSA) is 46.5 Å². The zero-order valence-corrected chi connectivity index (χ0v) is 9.58. The lowest BCUT2D eigenvalue weighted by Crippen LogP contribution is -2.16. The van der Waals surface area contributed by atoms with Gasteiger partial charge in [0.1, 0.15) is 5.76 Å². The Morgan fingerprint density at radius 1 is 1.33 bits per heavy atom. The first-order valence-corrected chi connectivity index (χ1v) is 5.81. The quantitative estimate of drug-likeness (QED) is 0.761. The number of aliphatic carboxylic acids is 1. The van der Waals surface area contributed by atoms with Gasteiger partial charge < -0.3 is 9.84 Å². The van der Waals surface area contributed by atoms with Gasteiger partial charge in [-0.3, -0.25) is 0 Å². The van der Waals surface area contributed by atoms with E-state index in [9.17, 15) is 4.79 Å². The summed E-state index contributed by atoms with van der Waals surface area (Å²) in [5, 5.41) is 9.03. The number of rotatable bonds is 5. The van der Waals surface area contributed by atoms with Crippen molar-refractivity contribution in [2.24, 2.45) is 0 Å². The molecule has 0 aromatic heterocycles. The van der Waals surface area contributed by atoms with Gasteiger partial charge in [-0.05, 0) is 32.1 Å². The molecule has 0 aliphatic heterocycles. The van der Waals surface area contributed by atoms with Crippen LogP contribution in [0.4, 0.5) is 0 Å². The first kappa shape index (κ1) is 12.1. The fourth-order valence-electron chi connectivity index (χ4n) is 1.89. The van der Waals surface area contributed by atoms with E-state index < -0.39 is 5.97 Å². The van der Waals surface area contributed by atoms with E-state index in [4.69, 9.17) is 9.84 Å². The molecule has 0 fully saturated rings. The molecule has 0 amide bonds. The molecule has 0 saturated carbocycles. The molecule has 15 heavy (non-hydrogen) atoms. The minimum absolute atomic E-state index is 0.174. The van der Waals surface area contributed by atoms with E-state index in [2.05, 4.69) is 13.8 Å². The minimum atomic E-state index is -0.810. The lowest BCUT2D eigenvalue weighted by molar-refractivity contribution is -0.133. The van der Waals surface area contributed by atoms with E-state index in [1.54, 1.807) is 0 Å². The van der Waals surface area contributed by atoms with Crippen LogP contribution >= 0.6 is 0 Å². The van der Waals surface area contributed by atoms with Gasteiger partial charge in [0.2, 0.25) is 0 Å². The third-order valence-electron chi connectivity index (χ3n) is 2.89. The molecule has 0 saturated heterocycles. The lowest BCUT2D eigenvalue weighted by Gasteiger charge is -2.23. The number of ether oxygens (including phenoxy) is 1. The Bertz CT molecular complexity index is 252. The summed E-state index contributed by atoms with van der Waals surface area (Å²) in [6, 6.07) is 0. The van der Waals surface area contributed by atoms with Crippen molar-refractivity contribution in [1.29, 1.82) is 0 Å². The van der Waals surface area contributed by atoms with Gasteiger partial charge in [-0.25, -0.2) is 4.79 Å². The Labute approximate surface area is 91.1 Å². The van der Waals surface area contributed by atoms with Crippen LogP contribution in [0, 0.1) is 0 Å². The van der Waals surface area contributed by atoms with E-state index >= 15 is 0 Å². The molecule has 0 aromatic carbocycles. The van der Waals surface area contributed by atoms with Crippen LogP contribution in [-0.4, -0.2) is 17.2 Å². The minimum Gasteiger partial charge on any atom is -0.494 e. The van der Waals surface area contributed by atoms with E-state index in [1.165, 1.54) is 0 Å². The molecule has 0 aromatic rings. The van der Waals surface area contributed by atoms with Crippen LogP contribution in [0.5, 0.6) is 0 Å². The maximum absolute atomic E-state index is 11.0. The second-order valence-electron chi connectivity index (χ2n) is 3.97. The molecular formula is C12H20O3. The van der Waals surface area contributed by atoms with Crippen LogP contribution in [0.25, 0.3) is 0 Å². The molecule has 86 valence electrons. The van der Waals surface area contributed by atoms with Crippen LogP contribution in [0.3, 0.4) is 0 Å². The van der Waals surface area contributed by atoms with Crippen molar-refractivity contribution in [3.63, 3.8) is 0 Å². The summed E-state index contributed by atoms with van der Waals surface area (Å²) < 4.78 is 5.76. The summed E-state index contributed by atoms with van der Waals surface area (Å²) in [5.74, 6) is -0.0851. The van der Waals surface area contributed by atoms with Gasteiger partial charge in [-0.15, -0.1) is 0 Å². The third kappa shape index (κ3) is 3.26. The first-order chi connectivity index (χ1) is 7.19. The summed E-state index contributed by atoms with van der Waals surface area (Å²) >= 11 is 0. The number of allylic oxidation sites excluding steroid dienone is 1. The monoisotopic (exact) mass is 212 g/mol. The molecule has 1 aliphatic rings. The SMILES string of the molecule is CCC(CC)OC1=C(C(=O)O)CCCC1. The molecule has 0 atom stereocenters. The van der Waals surface area contributed by atoms with Gasteiger partial charge in [-0.1, -0.05) is 13.8 Å². The predicted molar refractivity (Wildman–Crippen MR) is 58.6 cm³/mol. The second kappa shape index (κ2) is 5.79. The van der Waals surface area contributed by atoms with Crippen LogP contribution < -0.4 is 0 Å². The second-order valence-corrected chi connectivity index (χ2v) is 3.97. The van der Waals surface area contributed by atoms with Crippen molar-refractivity contribution in [3.8, 4) is 0 Å². The van der Waals surface area contributed by atoms with Gasteiger partial charge in [0.25, 0.3) is 0 Å². The first-order valence-electron chi connectivity index (χ1n) is 5.81. The van der Waals surface area contributed by atoms with Crippen LogP contribution in [-0.2, 0) is 9.53 Å². The third-order valence-corrected chi connectivity index (χ3v) is 2.89. The van der Waals surface area contributed by atoms with Crippen molar-refractivity contribution in [2.75, 3.05) is 0 Å². The van der Waals surface area contributed by atoms with Crippen LogP contribution in [0.15, 0.2) is 11.3 Å². The summed E-state index contributed by atoms with van der Waals surface area (Å²) in [4.78, 5) is 11.0. The number of hydrogen-bond donors (Lipinski definition) is 1. The van der Waals surface area contributed by atoms with E-state index in [1.807, 2.05) is 0 Å². The van der Waals surface area contributed by atoms with E-state index in [0.717, 1.165) is 37.9 Å². The van der Waals surface area contributed by atoms with Gasteiger partial charge in [0.15, 0.2) is 0 Å². The Morgan fingerprint density at radius 2 is 1.93 bits per heavy atom. The highest BCUT2D eigenvalue weighted by Gasteiger charge is 2.21. The highest BCUT2D eigenvalue weighted by molar-refractivity contribution is 5.87. The highest BCUT2D eigenvalue weighted by atomic mass is 16.5. The summed E-state index contributed by atoms with van der Waals surface area (Å²) in [5.41, 5.74) is 0.494. The maximum Gasteiger partial charge on any atom is 0.334 e.